The van der Waals surface area contributed by atoms with Crippen molar-refractivity contribution in [2.75, 3.05) is 5.32 Å². The third-order valence-electron chi connectivity index (χ3n) is 9.24. The van der Waals surface area contributed by atoms with Crippen molar-refractivity contribution in [3.63, 3.8) is 0 Å². The molecule has 0 saturated carbocycles. The van der Waals surface area contributed by atoms with Crippen molar-refractivity contribution >= 4 is 38.3 Å². The molecule has 1 aromatic carbocycles. The Balaban J connectivity index is 1.24. The van der Waals surface area contributed by atoms with E-state index in [4.69, 9.17) is 14.4 Å². The smallest absolute Gasteiger partial charge is 0.276 e. The second-order valence-electron chi connectivity index (χ2n) is 12.1. The molecule has 1 atom stereocenters. The molecule has 1 N–H and O–H groups in total. The molecule has 0 amide bonds. The highest BCUT2D eigenvalue weighted by molar-refractivity contribution is 7.23. The predicted octanol–water partition coefficient (Wildman–Crippen LogP) is 6.66. The Morgan fingerprint density at radius 3 is 2.74 bits per heavy atom. The molecule has 234 valence electrons. The van der Waals surface area contributed by atoms with Crippen molar-refractivity contribution in [1.29, 1.82) is 0 Å². The first-order valence-electron chi connectivity index (χ1n) is 15.8. The highest BCUT2D eigenvalue weighted by Gasteiger charge is 2.31. The van der Waals surface area contributed by atoms with Gasteiger partial charge in [0.1, 0.15) is 11.6 Å². The summed E-state index contributed by atoms with van der Waals surface area (Å²) < 4.78 is 24.6. The number of anilines is 1. The molecule has 7 aromatic rings. The van der Waals surface area contributed by atoms with Crippen LogP contribution in [-0.4, -0.2) is 34.5 Å². The van der Waals surface area contributed by atoms with E-state index < -0.39 is 0 Å². The molecule has 47 heavy (non-hydrogen) atoms. The fourth-order valence-corrected chi connectivity index (χ4v) is 8.24. The van der Waals surface area contributed by atoms with Crippen LogP contribution >= 0.6 is 11.3 Å². The largest absolute Gasteiger partial charge is 0.421 e. The number of nitrogens with zero attached hydrogens (tertiary/aromatic N) is 7. The molecule has 1 aliphatic heterocycles. The van der Waals surface area contributed by atoms with Crippen LogP contribution in [0.2, 0.25) is 0 Å². The summed E-state index contributed by atoms with van der Waals surface area (Å²) in [6, 6.07) is 14.9. The van der Waals surface area contributed by atoms with Crippen molar-refractivity contribution in [1.82, 2.24) is 34.5 Å². The van der Waals surface area contributed by atoms with E-state index in [0.29, 0.717) is 54.3 Å². The van der Waals surface area contributed by atoms with Crippen LogP contribution in [0, 0.1) is 12.7 Å². The average molecular weight is 645 g/mol. The number of fused-ring (bicyclic) bond motifs is 5. The number of rotatable bonds is 7. The maximum atomic E-state index is 14.1. The molecular weight excluding hydrogens is 616 g/mol. The van der Waals surface area contributed by atoms with Crippen molar-refractivity contribution in [2.24, 2.45) is 0 Å². The fraction of sp³-hybridized carbons (Fsp3) is 0.257. The van der Waals surface area contributed by atoms with E-state index in [1.807, 2.05) is 29.2 Å². The number of benzene rings is 1. The minimum Gasteiger partial charge on any atom is -0.421 e. The number of nitrogens with one attached hydrogen (secondary N) is 1. The number of pyridine rings is 3. The summed E-state index contributed by atoms with van der Waals surface area (Å²) in [5.41, 5.74) is 6.04. The van der Waals surface area contributed by atoms with Gasteiger partial charge in [-0.25, -0.2) is 19.0 Å². The number of aromatic nitrogens is 7. The zero-order valence-electron chi connectivity index (χ0n) is 25.5. The summed E-state index contributed by atoms with van der Waals surface area (Å²) in [5.74, 6) is 1.27. The van der Waals surface area contributed by atoms with Crippen LogP contribution in [-0.2, 0) is 32.4 Å². The Morgan fingerprint density at radius 1 is 1.02 bits per heavy atom. The molecule has 0 radical (unpaired) electrons. The molecule has 10 nitrogen and oxygen atoms in total. The average Bonchev–Trinajstić information content (AvgIpc) is 3.92. The molecule has 7 heterocycles. The number of halogens is 1. The second kappa shape index (κ2) is 10.9. The molecule has 0 fully saturated rings. The molecule has 0 bridgehead atoms. The highest BCUT2D eigenvalue weighted by Crippen LogP contribution is 2.45. The van der Waals surface area contributed by atoms with Gasteiger partial charge in [0.15, 0.2) is 5.65 Å². The van der Waals surface area contributed by atoms with Gasteiger partial charge in [0.2, 0.25) is 11.8 Å². The van der Waals surface area contributed by atoms with E-state index in [-0.39, 0.29) is 17.4 Å². The number of thiophene rings is 1. The Bertz CT molecular complexity index is 2390. The summed E-state index contributed by atoms with van der Waals surface area (Å²) in [4.78, 5) is 29.5. The third kappa shape index (κ3) is 4.65. The summed E-state index contributed by atoms with van der Waals surface area (Å²) in [6.45, 7) is 3.10. The van der Waals surface area contributed by atoms with E-state index in [2.05, 4.69) is 32.6 Å². The summed E-state index contributed by atoms with van der Waals surface area (Å²) >= 11 is 1.59. The maximum absolute atomic E-state index is 14.1. The van der Waals surface area contributed by atoms with Crippen LogP contribution in [0.3, 0.4) is 0 Å². The Hall–Kier alpha value is -5.23. The second-order valence-corrected chi connectivity index (χ2v) is 13.2. The van der Waals surface area contributed by atoms with E-state index in [1.54, 1.807) is 35.1 Å². The van der Waals surface area contributed by atoms with Crippen molar-refractivity contribution in [2.45, 2.75) is 58.2 Å². The number of hydrogen-bond donors (Lipinski definition) is 1. The van der Waals surface area contributed by atoms with Crippen LogP contribution in [0.1, 0.15) is 47.3 Å². The first-order chi connectivity index (χ1) is 23.0. The van der Waals surface area contributed by atoms with Crippen LogP contribution in [0.15, 0.2) is 70.1 Å². The summed E-state index contributed by atoms with van der Waals surface area (Å²) in [6.07, 6.45) is 7.55. The lowest BCUT2D eigenvalue weighted by atomic mass is 9.97. The zero-order chi connectivity index (χ0) is 31.6. The van der Waals surface area contributed by atoms with E-state index >= 15 is 0 Å². The van der Waals surface area contributed by atoms with Crippen LogP contribution < -0.4 is 10.9 Å². The van der Waals surface area contributed by atoms with Gasteiger partial charge in [-0.3, -0.25) is 14.5 Å². The topological polar surface area (TPSA) is 117 Å². The minimum absolute atomic E-state index is 0.0773. The lowest BCUT2D eigenvalue weighted by Crippen LogP contribution is -2.16. The van der Waals surface area contributed by atoms with Gasteiger partial charge in [-0.15, -0.1) is 21.5 Å². The standard InChI is InChI=1S/C35H29FN8O2S/c1-19-41-42-34(46-19)28-26(10-7-20-5-8-22(36)9-6-20)40-33-30(35(45)44-17-3-16-43(33)44)29(28)27-18-21-13-15-38-32(31(21)47-27)39-25-12-11-24-23(25)4-2-14-37-24/h2,4-6,8-9,13-15,18,25H,3,7,10-12,16-17H2,1H3,(H,38,39)/t25-/m1/s1. The van der Waals surface area contributed by atoms with Crippen molar-refractivity contribution < 1.29 is 8.81 Å². The van der Waals surface area contributed by atoms with Gasteiger partial charge in [0.05, 0.1) is 27.4 Å². The van der Waals surface area contributed by atoms with Gasteiger partial charge in [0.25, 0.3) is 5.56 Å². The molecule has 6 aromatic heterocycles. The summed E-state index contributed by atoms with van der Waals surface area (Å²) in [7, 11) is 0. The van der Waals surface area contributed by atoms with Gasteiger partial charge in [-0.05, 0) is 78.9 Å². The molecule has 2 aliphatic rings. The van der Waals surface area contributed by atoms with E-state index in [0.717, 1.165) is 62.6 Å². The molecule has 9 rings (SSSR count). The molecule has 0 spiro atoms. The van der Waals surface area contributed by atoms with Crippen LogP contribution in [0.4, 0.5) is 10.2 Å². The molecule has 12 heteroatoms. The maximum Gasteiger partial charge on any atom is 0.276 e. The lowest BCUT2D eigenvalue weighted by Gasteiger charge is -2.15. The Labute approximate surface area is 271 Å². The van der Waals surface area contributed by atoms with Crippen LogP contribution in [0.5, 0.6) is 0 Å². The molecule has 1 aliphatic carbocycles. The first kappa shape index (κ1) is 28.0. The van der Waals surface area contributed by atoms with Crippen molar-refractivity contribution in [3.8, 4) is 21.9 Å². The van der Waals surface area contributed by atoms with Gasteiger partial charge in [-0.1, -0.05) is 18.2 Å². The van der Waals surface area contributed by atoms with Crippen molar-refractivity contribution in [3.05, 3.63) is 106 Å². The summed E-state index contributed by atoms with van der Waals surface area (Å²) in [5, 5.41) is 13.9. The predicted molar refractivity (Wildman–Crippen MR) is 178 cm³/mol. The Kier molecular flexibility index (Phi) is 6.53. The Morgan fingerprint density at radius 2 is 1.89 bits per heavy atom. The normalized spacial score (nSPS) is 15.5. The molecule has 0 saturated heterocycles. The monoisotopic (exact) mass is 644 g/mol. The number of hydrogen-bond acceptors (Lipinski definition) is 9. The van der Waals surface area contributed by atoms with Gasteiger partial charge in [-0.2, -0.15) is 0 Å². The minimum atomic E-state index is -0.275. The quantitative estimate of drug-likeness (QED) is 0.205. The SMILES string of the molecule is Cc1nnc(-c2c(CCc3ccc(F)cc3)nc3c(c2-c2cc4ccnc(N[C@@H]5CCc6ncccc65)c4s2)c(=O)n2n3CCC2)o1. The molecular formula is C35H29FN8O2S. The number of aryl methyl sites for hydroxylation is 5. The fourth-order valence-electron chi connectivity index (χ4n) is 7.07. The third-order valence-corrected chi connectivity index (χ3v) is 10.4. The van der Waals surface area contributed by atoms with E-state index in [9.17, 15) is 9.18 Å². The molecule has 0 unspecified atom stereocenters. The zero-order valence-corrected chi connectivity index (χ0v) is 26.4. The van der Waals surface area contributed by atoms with E-state index in [1.165, 1.54) is 17.7 Å². The van der Waals surface area contributed by atoms with Gasteiger partial charge < -0.3 is 9.73 Å². The van der Waals surface area contributed by atoms with Gasteiger partial charge >= 0.3 is 0 Å². The highest BCUT2D eigenvalue weighted by atomic mass is 32.1. The van der Waals surface area contributed by atoms with Gasteiger partial charge in [0, 0.05) is 48.5 Å². The first-order valence-corrected chi connectivity index (χ1v) is 16.6. The van der Waals surface area contributed by atoms with Crippen LogP contribution in [0.25, 0.3) is 43.0 Å². The lowest BCUT2D eigenvalue weighted by molar-refractivity contribution is 0.532.